The molecule has 0 spiro atoms. The SMILES string of the molecule is CCCCCCCC(=O)Oc1ccc(OC(=O)CCCCC(=O)Oc2ccc(OC(=O)CCCCCCC)c(=O)cc2)ccc1=O. The van der Waals surface area contributed by atoms with Gasteiger partial charge >= 0.3 is 23.9 Å². The molecule has 0 fully saturated rings. The molecule has 0 heterocycles. The molecule has 0 bridgehead atoms. The molecule has 0 radical (unpaired) electrons. The largest absolute Gasteiger partial charge is 0.427 e. The number of rotatable bonds is 21. The van der Waals surface area contributed by atoms with E-state index in [2.05, 4.69) is 13.8 Å². The van der Waals surface area contributed by atoms with E-state index in [9.17, 15) is 28.8 Å². The van der Waals surface area contributed by atoms with Gasteiger partial charge in [-0.15, -0.1) is 0 Å². The molecule has 0 aliphatic heterocycles. The van der Waals surface area contributed by atoms with E-state index in [1.807, 2.05) is 0 Å². The lowest BCUT2D eigenvalue weighted by Crippen LogP contribution is -2.12. The molecule has 2 aromatic rings. The Morgan fingerprint density at radius 1 is 0.413 bits per heavy atom. The van der Waals surface area contributed by atoms with Crippen LogP contribution in [0.5, 0.6) is 23.0 Å². The van der Waals surface area contributed by atoms with Crippen molar-refractivity contribution in [2.24, 2.45) is 0 Å². The molecule has 46 heavy (non-hydrogen) atoms. The summed E-state index contributed by atoms with van der Waals surface area (Å²) in [7, 11) is 0. The summed E-state index contributed by atoms with van der Waals surface area (Å²) in [6.45, 7) is 4.22. The smallest absolute Gasteiger partial charge is 0.311 e. The maximum atomic E-state index is 12.3. The Bertz CT molecular complexity index is 1300. The second kappa shape index (κ2) is 22.2. The Labute approximate surface area is 270 Å². The normalized spacial score (nSPS) is 10.6. The van der Waals surface area contributed by atoms with Crippen molar-refractivity contribution in [3.63, 3.8) is 0 Å². The monoisotopic (exact) mass is 638 g/mol. The highest BCUT2D eigenvalue weighted by Gasteiger charge is 2.12. The quantitative estimate of drug-likeness (QED) is 0.104. The lowest BCUT2D eigenvalue weighted by Gasteiger charge is -2.04. The van der Waals surface area contributed by atoms with Gasteiger partial charge in [-0.1, -0.05) is 65.2 Å². The Morgan fingerprint density at radius 2 is 0.717 bits per heavy atom. The Hall–Kier alpha value is -4.34. The fraction of sp³-hybridized carbons (Fsp3) is 0.500. The van der Waals surface area contributed by atoms with Gasteiger partial charge in [0.1, 0.15) is 11.5 Å². The Balaban J connectivity index is 1.74. The fourth-order valence-electron chi connectivity index (χ4n) is 4.37. The van der Waals surface area contributed by atoms with Crippen LogP contribution >= 0.6 is 0 Å². The third kappa shape index (κ3) is 16.1. The number of unbranched alkanes of at least 4 members (excludes halogenated alkanes) is 9. The molecule has 0 unspecified atom stereocenters. The average molecular weight is 639 g/mol. The van der Waals surface area contributed by atoms with Crippen molar-refractivity contribution in [1.29, 1.82) is 0 Å². The topological polar surface area (TPSA) is 139 Å². The molecule has 10 heteroatoms. The summed E-state index contributed by atoms with van der Waals surface area (Å²) in [6.07, 6.45) is 10.9. The molecular weight excluding hydrogens is 592 g/mol. The van der Waals surface area contributed by atoms with Gasteiger partial charge in [0.05, 0.1) is 0 Å². The van der Waals surface area contributed by atoms with E-state index in [0.717, 1.165) is 51.4 Å². The zero-order chi connectivity index (χ0) is 33.6. The first kappa shape index (κ1) is 37.8. The van der Waals surface area contributed by atoms with E-state index in [1.165, 1.54) is 48.5 Å². The van der Waals surface area contributed by atoms with Crippen molar-refractivity contribution in [3.05, 3.63) is 69.0 Å². The molecular formula is C36H46O10. The van der Waals surface area contributed by atoms with Gasteiger partial charge in [0.2, 0.25) is 10.9 Å². The highest BCUT2D eigenvalue weighted by Crippen LogP contribution is 2.16. The Morgan fingerprint density at radius 3 is 1.09 bits per heavy atom. The number of carbonyl (C=O) groups is 4. The van der Waals surface area contributed by atoms with Crippen LogP contribution in [0.2, 0.25) is 0 Å². The van der Waals surface area contributed by atoms with Crippen LogP contribution < -0.4 is 29.8 Å². The highest BCUT2D eigenvalue weighted by molar-refractivity contribution is 5.74. The number of hydrogen-bond acceptors (Lipinski definition) is 10. The van der Waals surface area contributed by atoms with Gasteiger partial charge in [0.15, 0.2) is 11.5 Å². The van der Waals surface area contributed by atoms with Gasteiger partial charge in [-0.2, -0.15) is 0 Å². The molecule has 0 aliphatic rings. The van der Waals surface area contributed by atoms with Gasteiger partial charge in [0.25, 0.3) is 0 Å². The third-order valence-electron chi connectivity index (χ3n) is 6.97. The van der Waals surface area contributed by atoms with Gasteiger partial charge in [0, 0.05) is 25.7 Å². The Kier molecular flexibility index (Phi) is 18.3. The van der Waals surface area contributed by atoms with Crippen molar-refractivity contribution >= 4 is 23.9 Å². The average Bonchev–Trinajstić information content (AvgIpc) is 3.30. The molecule has 250 valence electrons. The van der Waals surface area contributed by atoms with E-state index in [0.29, 0.717) is 25.7 Å². The second-order valence-electron chi connectivity index (χ2n) is 11.0. The molecule has 10 nitrogen and oxygen atoms in total. The highest BCUT2D eigenvalue weighted by atomic mass is 16.5. The van der Waals surface area contributed by atoms with Crippen LogP contribution in [-0.2, 0) is 19.2 Å². The zero-order valence-corrected chi connectivity index (χ0v) is 27.0. The predicted molar refractivity (Wildman–Crippen MR) is 173 cm³/mol. The molecule has 0 saturated heterocycles. The molecule has 2 aromatic carbocycles. The van der Waals surface area contributed by atoms with Crippen molar-refractivity contribution in [1.82, 2.24) is 0 Å². The summed E-state index contributed by atoms with van der Waals surface area (Å²) in [5.74, 6) is -2.11. The van der Waals surface area contributed by atoms with Crippen molar-refractivity contribution in [2.75, 3.05) is 0 Å². The molecule has 0 aliphatic carbocycles. The van der Waals surface area contributed by atoms with Crippen LogP contribution in [0.3, 0.4) is 0 Å². The van der Waals surface area contributed by atoms with Gasteiger partial charge < -0.3 is 18.9 Å². The standard InChI is InChI=1S/C36H46O10/c1-3-5-7-9-11-15-35(41)45-31-25-21-27(19-23-29(31)37)43-33(39)17-13-14-18-34(40)44-28-20-24-30(38)32(26-22-28)46-36(42)16-12-10-8-6-4-2/h19-26H,3-18H2,1-2H3. The van der Waals surface area contributed by atoms with Gasteiger partial charge in [-0.3, -0.25) is 28.8 Å². The summed E-state index contributed by atoms with van der Waals surface area (Å²) < 4.78 is 21.0. The molecule has 0 N–H and O–H groups in total. The summed E-state index contributed by atoms with van der Waals surface area (Å²) >= 11 is 0. The minimum atomic E-state index is -0.557. The summed E-state index contributed by atoms with van der Waals surface area (Å²) in [5, 5.41) is 0. The molecule has 0 atom stereocenters. The minimum Gasteiger partial charge on any atom is -0.427 e. The maximum absolute atomic E-state index is 12.3. The van der Waals surface area contributed by atoms with Gasteiger partial charge in [-0.05, 0) is 74.2 Å². The van der Waals surface area contributed by atoms with E-state index >= 15 is 0 Å². The fourth-order valence-corrected chi connectivity index (χ4v) is 4.37. The number of ether oxygens (including phenoxy) is 4. The molecule has 0 amide bonds. The van der Waals surface area contributed by atoms with Crippen LogP contribution in [0.25, 0.3) is 0 Å². The third-order valence-corrected chi connectivity index (χ3v) is 6.97. The minimum absolute atomic E-state index is 0.0170. The zero-order valence-electron chi connectivity index (χ0n) is 27.0. The predicted octanol–water partition coefficient (Wildman–Crippen LogP) is 7.01. The summed E-state index contributed by atoms with van der Waals surface area (Å²) in [4.78, 5) is 73.3. The van der Waals surface area contributed by atoms with Crippen LogP contribution in [0.1, 0.15) is 117 Å². The van der Waals surface area contributed by atoms with E-state index in [4.69, 9.17) is 18.9 Å². The van der Waals surface area contributed by atoms with Crippen molar-refractivity contribution in [3.8, 4) is 23.0 Å². The van der Waals surface area contributed by atoms with Crippen molar-refractivity contribution in [2.45, 2.75) is 117 Å². The molecule has 0 aromatic heterocycles. The van der Waals surface area contributed by atoms with Crippen LogP contribution in [0, 0.1) is 0 Å². The first-order valence-corrected chi connectivity index (χ1v) is 16.3. The molecule has 0 saturated carbocycles. The van der Waals surface area contributed by atoms with Gasteiger partial charge in [-0.25, -0.2) is 0 Å². The second-order valence-corrected chi connectivity index (χ2v) is 11.0. The maximum Gasteiger partial charge on any atom is 0.311 e. The first-order chi connectivity index (χ1) is 22.2. The lowest BCUT2D eigenvalue weighted by atomic mass is 10.1. The molecule has 2 rings (SSSR count). The van der Waals surface area contributed by atoms with Crippen LogP contribution in [0.4, 0.5) is 0 Å². The lowest BCUT2D eigenvalue weighted by molar-refractivity contribution is -0.136. The van der Waals surface area contributed by atoms with Crippen LogP contribution in [-0.4, -0.2) is 23.9 Å². The van der Waals surface area contributed by atoms with E-state index in [-0.39, 0.29) is 48.7 Å². The first-order valence-electron chi connectivity index (χ1n) is 16.3. The van der Waals surface area contributed by atoms with Crippen molar-refractivity contribution < 1.29 is 38.1 Å². The number of carbonyl (C=O) groups excluding carboxylic acids is 4. The van der Waals surface area contributed by atoms with E-state index < -0.39 is 34.7 Å². The van der Waals surface area contributed by atoms with Crippen LogP contribution in [0.15, 0.2) is 58.1 Å². The number of hydrogen-bond donors (Lipinski definition) is 0. The van der Waals surface area contributed by atoms with E-state index in [1.54, 1.807) is 0 Å². The summed E-state index contributed by atoms with van der Waals surface area (Å²) in [5.41, 5.74) is -1.02. The number of esters is 4. The summed E-state index contributed by atoms with van der Waals surface area (Å²) in [6, 6.07) is 10.4.